The third kappa shape index (κ3) is 3.64. The summed E-state index contributed by atoms with van der Waals surface area (Å²) in [5, 5.41) is 0.569. The van der Waals surface area contributed by atoms with Crippen LogP contribution in [0.4, 0.5) is 0 Å². The predicted molar refractivity (Wildman–Crippen MR) is 97.9 cm³/mol. The van der Waals surface area contributed by atoms with Crippen molar-refractivity contribution in [3.05, 3.63) is 28.8 Å². The fourth-order valence-corrected chi connectivity index (χ4v) is 4.53. The zero-order valence-corrected chi connectivity index (χ0v) is 16.4. The molecule has 2 aliphatic heterocycles. The molecule has 25 heavy (non-hydrogen) atoms. The lowest BCUT2D eigenvalue weighted by molar-refractivity contribution is -0.0628. The lowest BCUT2D eigenvalue weighted by atomic mass is 9.85. The van der Waals surface area contributed by atoms with Crippen LogP contribution in [-0.2, 0) is 14.3 Å². The molecule has 0 aliphatic carbocycles. The summed E-state index contributed by atoms with van der Waals surface area (Å²) in [5.41, 5.74) is -0.0146. The molecule has 2 aliphatic rings. The zero-order chi connectivity index (χ0) is 18.4. The van der Waals surface area contributed by atoms with Gasteiger partial charge in [0.1, 0.15) is 17.5 Å². The van der Waals surface area contributed by atoms with Gasteiger partial charge in [0.2, 0.25) is 0 Å². The average molecular weight is 387 g/mol. The summed E-state index contributed by atoms with van der Waals surface area (Å²) in [6.45, 7) is 4.46. The second kappa shape index (κ2) is 6.45. The second-order valence-electron chi connectivity index (χ2n) is 6.99. The largest absolute Gasteiger partial charge is 0.485 e. The van der Waals surface area contributed by atoms with Crippen LogP contribution < -0.4 is 4.74 Å². The van der Waals surface area contributed by atoms with E-state index in [9.17, 15) is 8.42 Å². The molecule has 0 spiro atoms. The van der Waals surface area contributed by atoms with Crippen molar-refractivity contribution < 1.29 is 17.3 Å². The van der Waals surface area contributed by atoms with Crippen LogP contribution in [0.25, 0.3) is 0 Å². The third-order valence-corrected chi connectivity index (χ3v) is 5.43. The SMILES string of the molecule is CN=C1CCCN1[C@@H]1c2cc(Cl)ccc2OC(C)(C)[C@H]1OS(C)(=O)=O. The highest BCUT2D eigenvalue weighted by molar-refractivity contribution is 7.86. The van der Waals surface area contributed by atoms with Crippen molar-refractivity contribution in [2.45, 2.75) is 44.4 Å². The highest BCUT2D eigenvalue weighted by atomic mass is 35.5. The molecule has 138 valence electrons. The van der Waals surface area contributed by atoms with Crippen molar-refractivity contribution in [2.75, 3.05) is 19.8 Å². The van der Waals surface area contributed by atoms with Gasteiger partial charge in [-0.05, 0) is 38.5 Å². The summed E-state index contributed by atoms with van der Waals surface area (Å²) in [6, 6.07) is 5.07. The predicted octanol–water partition coefficient (Wildman–Crippen LogP) is 3.02. The number of amidine groups is 1. The van der Waals surface area contributed by atoms with Gasteiger partial charge in [0.05, 0.1) is 18.1 Å². The Morgan fingerprint density at radius 2 is 2.12 bits per heavy atom. The van der Waals surface area contributed by atoms with Gasteiger partial charge in [-0.15, -0.1) is 0 Å². The minimum absolute atomic E-state index is 0.339. The molecular weight excluding hydrogens is 364 g/mol. The maximum atomic E-state index is 11.9. The first-order valence-corrected chi connectivity index (χ1v) is 10.4. The van der Waals surface area contributed by atoms with E-state index in [1.54, 1.807) is 13.1 Å². The molecule has 2 atom stereocenters. The van der Waals surface area contributed by atoms with E-state index < -0.39 is 21.8 Å². The molecule has 1 fully saturated rings. The second-order valence-corrected chi connectivity index (χ2v) is 9.03. The Morgan fingerprint density at radius 1 is 1.40 bits per heavy atom. The molecule has 1 saturated heterocycles. The first-order chi connectivity index (χ1) is 11.6. The minimum atomic E-state index is -3.67. The van der Waals surface area contributed by atoms with Gasteiger partial charge in [-0.1, -0.05) is 11.6 Å². The van der Waals surface area contributed by atoms with E-state index in [2.05, 4.69) is 9.89 Å². The number of ether oxygens (including phenoxy) is 1. The molecule has 6 nitrogen and oxygen atoms in total. The van der Waals surface area contributed by atoms with Crippen LogP contribution in [0, 0.1) is 0 Å². The Labute approximate surface area is 153 Å². The molecule has 0 bridgehead atoms. The smallest absolute Gasteiger partial charge is 0.264 e. The van der Waals surface area contributed by atoms with Gasteiger partial charge < -0.3 is 9.64 Å². The summed E-state index contributed by atoms with van der Waals surface area (Å²) in [5.74, 6) is 1.63. The molecule has 8 heteroatoms. The van der Waals surface area contributed by atoms with Crippen molar-refractivity contribution in [1.29, 1.82) is 0 Å². The average Bonchev–Trinajstić information content (AvgIpc) is 2.95. The fraction of sp³-hybridized carbons (Fsp3) is 0.588. The lowest BCUT2D eigenvalue weighted by Gasteiger charge is -2.47. The number of hydrogen-bond acceptors (Lipinski definition) is 5. The molecule has 2 heterocycles. The molecule has 0 aromatic heterocycles. The number of aliphatic imine (C=N–C) groups is 1. The Hall–Kier alpha value is -1.31. The Kier molecular flexibility index (Phi) is 4.77. The van der Waals surface area contributed by atoms with Crippen LogP contribution in [0.2, 0.25) is 5.02 Å². The maximum absolute atomic E-state index is 11.9. The molecule has 0 N–H and O–H groups in total. The molecule has 0 saturated carbocycles. The molecular formula is C17H23ClN2O4S. The number of nitrogens with zero attached hydrogens (tertiary/aromatic N) is 2. The van der Waals surface area contributed by atoms with E-state index in [4.69, 9.17) is 20.5 Å². The first-order valence-electron chi connectivity index (χ1n) is 8.21. The van der Waals surface area contributed by atoms with Crippen LogP contribution in [0.15, 0.2) is 23.2 Å². The standard InChI is InChI=1S/C17H23ClN2O4S/c1-17(2)16(24-25(4,21)22)15(20-9-5-6-14(20)19-3)12-10-11(18)7-8-13(12)23-17/h7-8,10,15-16H,5-6,9H2,1-4H3/t15-,16+/m1/s1. The van der Waals surface area contributed by atoms with Gasteiger partial charge >= 0.3 is 0 Å². The maximum Gasteiger partial charge on any atom is 0.264 e. The van der Waals surface area contributed by atoms with Crippen LogP contribution in [0.1, 0.15) is 38.3 Å². The van der Waals surface area contributed by atoms with Crippen LogP contribution in [0.3, 0.4) is 0 Å². The highest BCUT2D eigenvalue weighted by Crippen LogP contribution is 2.46. The van der Waals surface area contributed by atoms with Crippen molar-refractivity contribution in [2.24, 2.45) is 4.99 Å². The van der Waals surface area contributed by atoms with Gasteiger partial charge in [-0.3, -0.25) is 9.18 Å². The van der Waals surface area contributed by atoms with Crippen LogP contribution in [0.5, 0.6) is 5.75 Å². The third-order valence-electron chi connectivity index (χ3n) is 4.64. The summed E-state index contributed by atoms with van der Waals surface area (Å²) in [7, 11) is -1.92. The van der Waals surface area contributed by atoms with E-state index in [-0.39, 0.29) is 6.04 Å². The highest BCUT2D eigenvalue weighted by Gasteiger charge is 2.50. The van der Waals surface area contributed by atoms with Gasteiger partial charge in [0.25, 0.3) is 10.1 Å². The Bertz CT molecular complexity index is 807. The minimum Gasteiger partial charge on any atom is -0.485 e. The first kappa shape index (κ1) is 18.5. The zero-order valence-electron chi connectivity index (χ0n) is 14.8. The monoisotopic (exact) mass is 386 g/mol. The quantitative estimate of drug-likeness (QED) is 0.747. The fourth-order valence-electron chi connectivity index (χ4n) is 3.64. The van der Waals surface area contributed by atoms with Gasteiger partial charge in [0, 0.05) is 30.6 Å². The molecule has 1 aromatic carbocycles. The van der Waals surface area contributed by atoms with Crippen LogP contribution in [-0.4, -0.2) is 50.7 Å². The molecule has 0 amide bonds. The summed E-state index contributed by atoms with van der Waals surface area (Å²) in [6.07, 6.45) is 2.16. The van der Waals surface area contributed by atoms with E-state index in [0.717, 1.165) is 37.0 Å². The van der Waals surface area contributed by atoms with Crippen molar-refractivity contribution >= 4 is 27.6 Å². The lowest BCUT2D eigenvalue weighted by Crippen LogP contribution is -2.55. The molecule has 0 radical (unpaired) electrons. The van der Waals surface area contributed by atoms with Gasteiger partial charge in [0.15, 0.2) is 0 Å². The number of rotatable bonds is 3. The molecule has 0 unspecified atom stereocenters. The van der Waals surface area contributed by atoms with Crippen molar-refractivity contribution in [1.82, 2.24) is 4.90 Å². The van der Waals surface area contributed by atoms with E-state index >= 15 is 0 Å². The number of fused-ring (bicyclic) bond motifs is 1. The Balaban J connectivity index is 2.17. The molecule has 1 aromatic rings. The van der Waals surface area contributed by atoms with Crippen molar-refractivity contribution in [3.63, 3.8) is 0 Å². The number of benzene rings is 1. The summed E-state index contributed by atoms with van der Waals surface area (Å²) in [4.78, 5) is 6.50. The van der Waals surface area contributed by atoms with Gasteiger partial charge in [-0.25, -0.2) is 0 Å². The van der Waals surface area contributed by atoms with E-state index in [1.165, 1.54) is 0 Å². The topological polar surface area (TPSA) is 68.2 Å². The summed E-state index contributed by atoms with van der Waals surface area (Å²) >= 11 is 6.21. The van der Waals surface area contributed by atoms with Crippen LogP contribution >= 0.6 is 11.6 Å². The molecule has 3 rings (SSSR count). The van der Waals surface area contributed by atoms with E-state index in [1.807, 2.05) is 26.0 Å². The number of halogens is 1. The number of likely N-dealkylation sites (tertiary alicyclic amines) is 1. The van der Waals surface area contributed by atoms with Gasteiger partial charge in [-0.2, -0.15) is 8.42 Å². The number of hydrogen-bond donors (Lipinski definition) is 0. The van der Waals surface area contributed by atoms with Crippen molar-refractivity contribution in [3.8, 4) is 5.75 Å². The van der Waals surface area contributed by atoms with E-state index in [0.29, 0.717) is 10.8 Å². The Morgan fingerprint density at radius 3 is 2.76 bits per heavy atom. The normalized spacial score (nSPS) is 27.2. The summed E-state index contributed by atoms with van der Waals surface area (Å²) < 4.78 is 35.4.